The van der Waals surface area contributed by atoms with Crippen LogP contribution in [0, 0.1) is 0 Å². The van der Waals surface area contributed by atoms with Crippen LogP contribution < -0.4 is 10.6 Å². The van der Waals surface area contributed by atoms with E-state index in [4.69, 9.17) is 4.74 Å². The molecule has 9 heteroatoms. The Kier molecular flexibility index (Phi) is 5.31. The zero-order chi connectivity index (χ0) is 19.6. The number of rotatable bonds is 6. The smallest absolute Gasteiger partial charge is 0.341 e. The second kappa shape index (κ2) is 7.51. The monoisotopic (exact) mass is 391 g/mol. The maximum Gasteiger partial charge on any atom is 0.341 e. The number of anilines is 1. The number of hydrogen-bond donors (Lipinski definition) is 2. The molecule has 0 atom stereocenters. The Bertz CT molecular complexity index is 1020. The van der Waals surface area contributed by atoms with Gasteiger partial charge in [0.05, 0.1) is 28.5 Å². The summed E-state index contributed by atoms with van der Waals surface area (Å²) in [6.07, 6.45) is 1.79. The van der Waals surface area contributed by atoms with Gasteiger partial charge in [0.25, 0.3) is 0 Å². The van der Waals surface area contributed by atoms with E-state index in [1.165, 1.54) is 13.1 Å². The van der Waals surface area contributed by atoms with Crippen molar-refractivity contribution in [2.24, 2.45) is 0 Å². The molecule has 27 heavy (non-hydrogen) atoms. The third-order valence-corrected chi connectivity index (χ3v) is 6.15. The summed E-state index contributed by atoms with van der Waals surface area (Å²) in [6, 6.07) is 3.21. The molecule has 8 nitrogen and oxygen atoms in total. The van der Waals surface area contributed by atoms with E-state index in [1.807, 2.05) is 0 Å². The Labute approximate surface area is 157 Å². The fraction of sp³-hybridized carbons (Fsp3) is 0.389. The van der Waals surface area contributed by atoms with Crippen LogP contribution in [0.5, 0.6) is 0 Å². The predicted octanol–water partition coefficient (Wildman–Crippen LogP) is 1.29. The normalized spacial score (nSPS) is 14.6. The van der Waals surface area contributed by atoms with Gasteiger partial charge in [0, 0.05) is 31.6 Å². The number of esters is 1. The van der Waals surface area contributed by atoms with Crippen molar-refractivity contribution in [3.63, 3.8) is 0 Å². The molecule has 0 bridgehead atoms. The van der Waals surface area contributed by atoms with Gasteiger partial charge in [-0.2, -0.15) is 0 Å². The largest absolute Gasteiger partial charge is 0.462 e. The molecule has 1 aromatic heterocycles. The van der Waals surface area contributed by atoms with E-state index in [0.717, 1.165) is 0 Å². The van der Waals surface area contributed by atoms with Crippen molar-refractivity contribution < 1.29 is 22.7 Å². The van der Waals surface area contributed by atoms with E-state index in [1.54, 1.807) is 19.1 Å². The van der Waals surface area contributed by atoms with Crippen LogP contribution in [0.4, 0.5) is 5.69 Å². The first kappa shape index (κ1) is 19.1. The third-order valence-electron chi connectivity index (χ3n) is 4.35. The number of nitrogens with one attached hydrogen (secondary N) is 2. The summed E-state index contributed by atoms with van der Waals surface area (Å²) in [7, 11) is -3.32. The number of benzene rings is 1. The predicted molar refractivity (Wildman–Crippen MR) is 101 cm³/mol. The molecule has 2 aromatic rings. The standard InChI is InChI=1S/C18H21N3O5S/c1-3-26-18(23)13-10-21-14-4-5-15-12(6-9-27(15,24)25)16(14)17(13)20-8-7-19-11(2)22/h4-5,10H,3,6-9H2,1-2H3,(H,19,22)(H,20,21). The first-order chi connectivity index (χ1) is 12.8. The minimum atomic E-state index is -3.32. The second-order valence-electron chi connectivity index (χ2n) is 6.18. The van der Waals surface area contributed by atoms with Crippen LogP contribution in [-0.4, -0.2) is 50.7 Å². The van der Waals surface area contributed by atoms with Crippen LogP contribution in [0.25, 0.3) is 10.9 Å². The molecule has 2 N–H and O–H groups in total. The summed E-state index contributed by atoms with van der Waals surface area (Å²) in [6.45, 7) is 4.06. The van der Waals surface area contributed by atoms with Crippen LogP contribution >= 0.6 is 0 Å². The summed E-state index contributed by atoms with van der Waals surface area (Å²) >= 11 is 0. The summed E-state index contributed by atoms with van der Waals surface area (Å²) in [5, 5.41) is 6.44. The van der Waals surface area contributed by atoms with Gasteiger partial charge < -0.3 is 15.4 Å². The maximum absolute atomic E-state index is 12.4. The first-order valence-corrected chi connectivity index (χ1v) is 10.3. The van der Waals surface area contributed by atoms with Gasteiger partial charge in [0.2, 0.25) is 5.91 Å². The van der Waals surface area contributed by atoms with Gasteiger partial charge in [-0.25, -0.2) is 13.2 Å². The minimum Gasteiger partial charge on any atom is -0.462 e. The average Bonchev–Trinajstić information content (AvgIpc) is 2.93. The Morgan fingerprint density at radius 2 is 2.04 bits per heavy atom. The number of pyridine rings is 1. The minimum absolute atomic E-state index is 0.0381. The number of amides is 1. The Hall–Kier alpha value is -2.68. The van der Waals surface area contributed by atoms with E-state index in [-0.39, 0.29) is 28.7 Å². The van der Waals surface area contributed by atoms with Gasteiger partial charge in [0.15, 0.2) is 9.84 Å². The molecule has 0 radical (unpaired) electrons. The highest BCUT2D eigenvalue weighted by Gasteiger charge is 2.30. The molecular weight excluding hydrogens is 370 g/mol. The highest BCUT2D eigenvalue weighted by Crippen LogP contribution is 2.37. The number of aryl methyl sites for hydroxylation is 1. The number of carbonyl (C=O) groups is 2. The van der Waals surface area contributed by atoms with Crippen molar-refractivity contribution in [3.05, 3.63) is 29.5 Å². The summed E-state index contributed by atoms with van der Waals surface area (Å²) in [5.41, 5.74) is 1.98. The van der Waals surface area contributed by atoms with Crippen molar-refractivity contribution in [2.75, 3.05) is 30.8 Å². The fourth-order valence-corrected chi connectivity index (χ4v) is 4.74. The van der Waals surface area contributed by atoms with Gasteiger partial charge in [-0.3, -0.25) is 9.78 Å². The van der Waals surface area contributed by atoms with E-state index >= 15 is 0 Å². The molecule has 0 fully saturated rings. The van der Waals surface area contributed by atoms with Crippen LogP contribution in [-0.2, 0) is 25.8 Å². The van der Waals surface area contributed by atoms with E-state index in [0.29, 0.717) is 41.7 Å². The number of fused-ring (bicyclic) bond motifs is 3. The number of aromatic nitrogens is 1. The molecule has 0 saturated heterocycles. The second-order valence-corrected chi connectivity index (χ2v) is 8.26. The highest BCUT2D eigenvalue weighted by molar-refractivity contribution is 7.91. The Balaban J connectivity index is 2.13. The topological polar surface area (TPSA) is 114 Å². The molecule has 2 heterocycles. The molecule has 1 amide bonds. The SMILES string of the molecule is CCOC(=O)c1cnc2ccc3c(c2c1NCCNC(C)=O)CCS3(=O)=O. The van der Waals surface area contributed by atoms with Crippen molar-refractivity contribution in [2.45, 2.75) is 25.2 Å². The highest BCUT2D eigenvalue weighted by atomic mass is 32.2. The van der Waals surface area contributed by atoms with Crippen LogP contribution in [0.1, 0.15) is 29.8 Å². The number of carbonyl (C=O) groups excluding carboxylic acids is 2. The molecule has 1 aromatic carbocycles. The van der Waals surface area contributed by atoms with Gasteiger partial charge in [-0.1, -0.05) is 0 Å². The van der Waals surface area contributed by atoms with E-state index < -0.39 is 15.8 Å². The summed E-state index contributed by atoms with van der Waals surface area (Å²) in [4.78, 5) is 28.1. The first-order valence-electron chi connectivity index (χ1n) is 8.68. The van der Waals surface area contributed by atoms with Crippen molar-refractivity contribution in [1.29, 1.82) is 0 Å². The molecule has 0 saturated carbocycles. The zero-order valence-electron chi connectivity index (χ0n) is 15.2. The van der Waals surface area contributed by atoms with Crippen molar-refractivity contribution >= 4 is 38.3 Å². The van der Waals surface area contributed by atoms with Gasteiger partial charge in [-0.05, 0) is 31.0 Å². The summed E-state index contributed by atoms with van der Waals surface area (Å²) in [5.74, 6) is -0.655. The Morgan fingerprint density at radius 3 is 2.74 bits per heavy atom. The molecular formula is C18H21N3O5S. The number of ether oxygens (including phenoxy) is 1. The molecule has 3 rings (SSSR count). The molecule has 0 unspecified atom stereocenters. The van der Waals surface area contributed by atoms with Gasteiger partial charge >= 0.3 is 5.97 Å². The average molecular weight is 391 g/mol. The molecule has 0 spiro atoms. The third kappa shape index (κ3) is 3.73. The lowest BCUT2D eigenvalue weighted by Gasteiger charge is -2.16. The van der Waals surface area contributed by atoms with E-state index in [9.17, 15) is 18.0 Å². The number of nitrogens with zero attached hydrogens (tertiary/aromatic N) is 1. The van der Waals surface area contributed by atoms with E-state index in [2.05, 4.69) is 15.6 Å². The number of hydrogen-bond acceptors (Lipinski definition) is 7. The Morgan fingerprint density at radius 1 is 1.26 bits per heavy atom. The lowest BCUT2D eigenvalue weighted by molar-refractivity contribution is -0.118. The van der Waals surface area contributed by atoms with Crippen molar-refractivity contribution in [3.8, 4) is 0 Å². The molecule has 1 aliphatic rings. The lowest BCUT2D eigenvalue weighted by Crippen LogP contribution is -2.27. The zero-order valence-corrected chi connectivity index (χ0v) is 16.0. The lowest BCUT2D eigenvalue weighted by atomic mass is 10.0. The van der Waals surface area contributed by atoms with Crippen LogP contribution in [0.15, 0.2) is 23.2 Å². The van der Waals surface area contributed by atoms with Gasteiger partial charge in [0.1, 0.15) is 5.56 Å². The van der Waals surface area contributed by atoms with Crippen LogP contribution in [0.2, 0.25) is 0 Å². The molecule has 0 aliphatic carbocycles. The fourth-order valence-electron chi connectivity index (χ4n) is 3.20. The molecule has 1 aliphatic heterocycles. The maximum atomic E-state index is 12.4. The quantitative estimate of drug-likeness (QED) is 0.563. The van der Waals surface area contributed by atoms with Gasteiger partial charge in [-0.15, -0.1) is 0 Å². The van der Waals surface area contributed by atoms with Crippen LogP contribution in [0.3, 0.4) is 0 Å². The molecule has 144 valence electrons. The number of sulfone groups is 1. The summed E-state index contributed by atoms with van der Waals surface area (Å²) < 4.78 is 29.7. The van der Waals surface area contributed by atoms with Crippen molar-refractivity contribution in [1.82, 2.24) is 10.3 Å².